The van der Waals surface area contributed by atoms with Crippen LogP contribution in [0.1, 0.15) is 308 Å². The molecule has 0 aliphatic carbocycles. The van der Waals surface area contributed by atoms with Crippen molar-refractivity contribution in [2.75, 3.05) is 33.8 Å². The van der Waals surface area contributed by atoms with Crippen LogP contribution >= 0.6 is 0 Å². The zero-order valence-corrected chi connectivity index (χ0v) is 49.5. The van der Waals surface area contributed by atoms with Crippen molar-refractivity contribution in [2.24, 2.45) is 5.92 Å². The largest absolute Gasteiger partial charge is 0.462 e. The van der Waals surface area contributed by atoms with Gasteiger partial charge in [-0.2, -0.15) is 0 Å². The van der Waals surface area contributed by atoms with Gasteiger partial charge in [0.05, 0.1) is 6.61 Å². The van der Waals surface area contributed by atoms with E-state index in [2.05, 4.69) is 76.7 Å². The quantitative estimate of drug-likeness (QED) is 0.0368. The summed E-state index contributed by atoms with van der Waals surface area (Å²) in [5.74, 6) is 0.456. The van der Waals surface area contributed by atoms with Crippen molar-refractivity contribution in [2.45, 2.75) is 317 Å². The first-order valence-electron chi connectivity index (χ1n) is 31.7. The summed E-state index contributed by atoms with van der Waals surface area (Å²) in [7, 11) is 4.24. The molecule has 1 aromatic rings. The number of amides is 1. The summed E-state index contributed by atoms with van der Waals surface area (Å²) >= 11 is 0. The number of carbonyl (C=O) groups is 3. The number of ether oxygens (including phenoxy) is 2. The van der Waals surface area contributed by atoms with Crippen LogP contribution in [0.25, 0.3) is 0 Å². The van der Waals surface area contributed by atoms with Crippen LogP contribution in [0.3, 0.4) is 0 Å². The van der Waals surface area contributed by atoms with Crippen LogP contribution in [0.4, 0.5) is 0 Å². The van der Waals surface area contributed by atoms with Gasteiger partial charge in [0, 0.05) is 31.5 Å². The average Bonchev–Trinajstić information content (AvgIpc) is 3.38. The van der Waals surface area contributed by atoms with E-state index in [-0.39, 0.29) is 18.0 Å². The van der Waals surface area contributed by atoms with Gasteiger partial charge in [-0.3, -0.25) is 9.59 Å². The molecule has 0 saturated carbocycles. The SMILES string of the molecule is CCCCCCCCCCC(CCCCC=CC(=O)OCC(CCCCCC)CCCCCCCC)N(CCCN(C)C)C(=O)CCCCCCC(=O)OCc1cc(CCCCCC)cc(CCCCCC)c1. The Morgan fingerprint density at radius 1 is 0.466 bits per heavy atom. The molecule has 0 aromatic heterocycles. The van der Waals surface area contributed by atoms with Gasteiger partial charge in [0.25, 0.3) is 0 Å². The van der Waals surface area contributed by atoms with Crippen LogP contribution in [0, 0.1) is 5.92 Å². The first-order valence-corrected chi connectivity index (χ1v) is 31.7. The fraction of sp³-hybridized carbons (Fsp3) is 0.833. The fourth-order valence-electron chi connectivity index (χ4n) is 10.5. The summed E-state index contributed by atoms with van der Waals surface area (Å²) in [5.41, 5.74) is 3.89. The molecule has 0 heterocycles. The lowest BCUT2D eigenvalue weighted by Crippen LogP contribution is -2.41. The van der Waals surface area contributed by atoms with Crippen LogP contribution in [-0.2, 0) is 43.3 Å². The molecular formula is C66H120N2O5. The molecule has 73 heavy (non-hydrogen) atoms. The molecule has 1 amide bonds. The molecule has 1 aromatic carbocycles. The topological polar surface area (TPSA) is 76.2 Å². The first kappa shape index (κ1) is 68.3. The molecule has 0 spiro atoms. The third kappa shape index (κ3) is 41.2. The van der Waals surface area contributed by atoms with Crippen molar-refractivity contribution in [3.63, 3.8) is 0 Å². The Hall–Kier alpha value is -2.67. The van der Waals surface area contributed by atoms with E-state index >= 15 is 0 Å². The van der Waals surface area contributed by atoms with Crippen molar-refractivity contribution < 1.29 is 23.9 Å². The lowest BCUT2D eigenvalue weighted by Gasteiger charge is -2.33. The highest BCUT2D eigenvalue weighted by atomic mass is 16.5. The van der Waals surface area contributed by atoms with Crippen LogP contribution in [0.5, 0.6) is 0 Å². The number of aryl methyl sites for hydroxylation is 2. The second-order valence-electron chi connectivity index (χ2n) is 22.6. The number of esters is 2. The molecule has 7 nitrogen and oxygen atoms in total. The van der Waals surface area contributed by atoms with Crippen LogP contribution < -0.4 is 0 Å². The van der Waals surface area contributed by atoms with Crippen molar-refractivity contribution in [1.82, 2.24) is 9.80 Å². The van der Waals surface area contributed by atoms with E-state index in [4.69, 9.17) is 9.47 Å². The highest BCUT2D eigenvalue weighted by molar-refractivity contribution is 5.81. The minimum Gasteiger partial charge on any atom is -0.462 e. The molecule has 7 heteroatoms. The normalized spacial score (nSPS) is 12.5. The Labute approximate surface area is 453 Å². The number of unbranched alkanes of at least 4 members (excludes halogenated alkanes) is 26. The number of rotatable bonds is 53. The van der Waals surface area contributed by atoms with Gasteiger partial charge in [0.1, 0.15) is 6.61 Å². The maximum atomic E-state index is 14.2. The second kappa shape index (κ2) is 50.2. The number of hydrogen-bond donors (Lipinski definition) is 0. The standard InChI is InChI=1S/C66H120N2O5/c1-8-13-18-23-25-26-28-37-47-63(48-38-29-31-40-50-65(70)72-57-59(43-33-20-15-10-3)44-36-27-24-19-14-9-2)68(53-42-52-67(6)7)64(69)49-39-30-32-41-51-66(71)73-58-62-55-60(45-34-21-16-11-4)54-61(56-62)46-35-22-17-12-5/h40,50,54-56,59,63H,8-39,41-49,51-53,57-58H2,1-7H3. The predicted octanol–water partition coefficient (Wildman–Crippen LogP) is 19.0. The summed E-state index contributed by atoms with van der Waals surface area (Å²) in [5, 5.41) is 0. The predicted molar refractivity (Wildman–Crippen MR) is 314 cm³/mol. The minimum atomic E-state index is -0.196. The van der Waals surface area contributed by atoms with Gasteiger partial charge >= 0.3 is 11.9 Å². The Morgan fingerprint density at radius 2 is 0.904 bits per heavy atom. The number of allylic oxidation sites excluding steroid dienone is 1. The maximum absolute atomic E-state index is 14.2. The molecular weight excluding hydrogens is 901 g/mol. The number of hydrogen-bond acceptors (Lipinski definition) is 6. The lowest BCUT2D eigenvalue weighted by atomic mass is 9.95. The molecule has 0 aliphatic rings. The third-order valence-corrected chi connectivity index (χ3v) is 15.1. The van der Waals surface area contributed by atoms with E-state index in [9.17, 15) is 14.4 Å². The fourth-order valence-corrected chi connectivity index (χ4v) is 10.5. The smallest absolute Gasteiger partial charge is 0.330 e. The Kier molecular flexibility index (Phi) is 47.0. The van der Waals surface area contributed by atoms with Gasteiger partial charge < -0.3 is 19.3 Å². The van der Waals surface area contributed by atoms with Crippen molar-refractivity contribution in [3.05, 3.63) is 47.0 Å². The maximum Gasteiger partial charge on any atom is 0.330 e. The van der Waals surface area contributed by atoms with Gasteiger partial charge in [0.15, 0.2) is 0 Å². The van der Waals surface area contributed by atoms with Gasteiger partial charge in [-0.1, -0.05) is 232 Å². The molecule has 2 unspecified atom stereocenters. The van der Waals surface area contributed by atoms with Gasteiger partial charge in [-0.05, 0) is 127 Å². The number of nitrogens with zero attached hydrogens (tertiary/aromatic N) is 2. The zero-order valence-electron chi connectivity index (χ0n) is 49.5. The lowest BCUT2D eigenvalue weighted by molar-refractivity contribution is -0.145. The van der Waals surface area contributed by atoms with Crippen molar-refractivity contribution in [1.29, 1.82) is 0 Å². The molecule has 0 bridgehead atoms. The van der Waals surface area contributed by atoms with Gasteiger partial charge in [-0.15, -0.1) is 0 Å². The second-order valence-corrected chi connectivity index (χ2v) is 22.6. The molecule has 0 saturated heterocycles. The minimum absolute atomic E-state index is 0.115. The van der Waals surface area contributed by atoms with Crippen molar-refractivity contribution >= 4 is 17.8 Å². The molecule has 424 valence electrons. The van der Waals surface area contributed by atoms with Crippen LogP contribution in [-0.4, -0.2) is 67.5 Å². The van der Waals surface area contributed by atoms with Gasteiger partial charge in [0.2, 0.25) is 5.91 Å². The molecule has 0 aliphatic heterocycles. The molecule has 2 atom stereocenters. The summed E-state index contributed by atoms with van der Waals surface area (Å²) < 4.78 is 11.7. The highest BCUT2D eigenvalue weighted by Gasteiger charge is 2.23. The van der Waals surface area contributed by atoms with E-state index in [0.717, 1.165) is 109 Å². The van der Waals surface area contributed by atoms with Crippen LogP contribution in [0.2, 0.25) is 0 Å². The number of benzene rings is 1. The van der Waals surface area contributed by atoms with Gasteiger partial charge in [-0.25, -0.2) is 4.79 Å². The summed E-state index contributed by atoms with van der Waals surface area (Å²) in [6.07, 6.45) is 51.8. The first-order chi connectivity index (χ1) is 35.7. The summed E-state index contributed by atoms with van der Waals surface area (Å²) in [6.45, 7) is 14.0. The van der Waals surface area contributed by atoms with E-state index < -0.39 is 0 Å². The Bertz CT molecular complexity index is 1430. The van der Waals surface area contributed by atoms with E-state index in [1.54, 1.807) is 6.08 Å². The summed E-state index contributed by atoms with van der Waals surface area (Å²) in [6, 6.07) is 7.16. The van der Waals surface area contributed by atoms with Crippen molar-refractivity contribution in [3.8, 4) is 0 Å². The van der Waals surface area contributed by atoms with E-state index in [1.807, 2.05) is 6.08 Å². The number of carbonyl (C=O) groups excluding carboxylic acids is 3. The molecule has 0 radical (unpaired) electrons. The van der Waals surface area contributed by atoms with E-state index in [0.29, 0.717) is 37.9 Å². The van der Waals surface area contributed by atoms with Crippen LogP contribution in [0.15, 0.2) is 30.4 Å². The monoisotopic (exact) mass is 1020 g/mol. The summed E-state index contributed by atoms with van der Waals surface area (Å²) in [4.78, 5) is 44.4. The average molecular weight is 1020 g/mol. The molecule has 1 rings (SSSR count). The van der Waals surface area contributed by atoms with E-state index in [1.165, 1.54) is 178 Å². The molecule has 0 N–H and O–H groups in total. The Balaban J connectivity index is 2.78. The highest BCUT2D eigenvalue weighted by Crippen LogP contribution is 2.23. The Morgan fingerprint density at radius 3 is 1.44 bits per heavy atom. The molecule has 0 fully saturated rings. The zero-order chi connectivity index (χ0) is 53.3. The third-order valence-electron chi connectivity index (χ3n) is 15.1.